The van der Waals surface area contributed by atoms with Gasteiger partial charge < -0.3 is 16.2 Å². The maximum Gasteiger partial charge on any atom is 0.337 e. The van der Waals surface area contributed by atoms with Gasteiger partial charge in [0.05, 0.1) is 16.0 Å². The average molecular weight is 299 g/mol. The zero-order chi connectivity index (χ0) is 15.3. The van der Waals surface area contributed by atoms with E-state index < -0.39 is 11.4 Å². The van der Waals surface area contributed by atoms with Crippen LogP contribution in [0.2, 0.25) is 5.02 Å². The van der Waals surface area contributed by atoms with E-state index in [4.69, 9.17) is 22.4 Å². The molecule has 0 saturated heterocycles. The van der Waals surface area contributed by atoms with Crippen LogP contribution in [0.5, 0.6) is 0 Å². The number of halogens is 1. The molecule has 4 N–H and O–H groups in total. The molecular formula is C14H19ClN2O3. The van der Waals surface area contributed by atoms with Crippen molar-refractivity contribution in [3.63, 3.8) is 0 Å². The first kappa shape index (κ1) is 16.5. The number of hydrogen-bond acceptors (Lipinski definition) is 3. The van der Waals surface area contributed by atoms with Gasteiger partial charge >= 0.3 is 5.97 Å². The summed E-state index contributed by atoms with van der Waals surface area (Å²) in [5.74, 6) is -1.28. The number of carboxylic acids is 1. The molecule has 0 atom stereocenters. The van der Waals surface area contributed by atoms with Gasteiger partial charge in [-0.2, -0.15) is 0 Å². The molecular weight excluding hydrogens is 280 g/mol. The van der Waals surface area contributed by atoms with Crippen LogP contribution in [0.1, 0.15) is 37.0 Å². The van der Waals surface area contributed by atoms with E-state index in [1.165, 1.54) is 18.2 Å². The minimum atomic E-state index is -1.11. The summed E-state index contributed by atoms with van der Waals surface area (Å²) in [5, 5.41) is 11.7. The summed E-state index contributed by atoms with van der Waals surface area (Å²) in [6, 6.07) is 4.30. The third-order valence-corrected chi connectivity index (χ3v) is 4.00. The van der Waals surface area contributed by atoms with E-state index in [1.807, 2.05) is 13.8 Å². The Labute approximate surface area is 123 Å². The Balaban J connectivity index is 2.96. The molecule has 0 aromatic heterocycles. The second-order valence-electron chi connectivity index (χ2n) is 4.65. The molecule has 20 heavy (non-hydrogen) atoms. The molecule has 0 aliphatic carbocycles. The SMILES string of the molecule is CCC(CC)(CN)C(=O)Nc1ccc(C(=O)O)c(Cl)c1. The minimum Gasteiger partial charge on any atom is -0.478 e. The molecule has 5 nitrogen and oxygen atoms in total. The fourth-order valence-electron chi connectivity index (χ4n) is 1.98. The van der Waals surface area contributed by atoms with Gasteiger partial charge in [0.15, 0.2) is 0 Å². The minimum absolute atomic E-state index is 0.000682. The van der Waals surface area contributed by atoms with Crippen molar-refractivity contribution >= 4 is 29.2 Å². The lowest BCUT2D eigenvalue weighted by Crippen LogP contribution is -2.41. The molecule has 0 fully saturated rings. The van der Waals surface area contributed by atoms with Crippen molar-refractivity contribution in [2.24, 2.45) is 11.1 Å². The summed E-state index contributed by atoms with van der Waals surface area (Å²) >= 11 is 5.87. The van der Waals surface area contributed by atoms with E-state index in [0.717, 1.165) is 0 Å². The van der Waals surface area contributed by atoms with Crippen LogP contribution in [0.3, 0.4) is 0 Å². The lowest BCUT2D eigenvalue weighted by molar-refractivity contribution is -0.125. The Morgan fingerprint density at radius 2 is 1.95 bits per heavy atom. The standard InChI is InChI=1S/C14H19ClN2O3/c1-3-14(4-2,8-16)13(20)17-9-5-6-10(12(18)19)11(15)7-9/h5-7H,3-4,8,16H2,1-2H3,(H,17,20)(H,18,19). The predicted molar refractivity (Wildman–Crippen MR) is 79.1 cm³/mol. The predicted octanol–water partition coefficient (Wildman–Crippen LogP) is 2.74. The lowest BCUT2D eigenvalue weighted by Gasteiger charge is -2.28. The summed E-state index contributed by atoms with van der Waals surface area (Å²) in [6.45, 7) is 4.08. The van der Waals surface area contributed by atoms with Crippen LogP contribution in [0.25, 0.3) is 0 Å². The fourth-order valence-corrected chi connectivity index (χ4v) is 2.24. The molecule has 0 radical (unpaired) electrons. The van der Waals surface area contributed by atoms with Gasteiger partial charge in [-0.3, -0.25) is 4.79 Å². The molecule has 0 heterocycles. The van der Waals surface area contributed by atoms with Crippen molar-refractivity contribution in [3.8, 4) is 0 Å². The average Bonchev–Trinajstić information content (AvgIpc) is 2.41. The molecule has 0 spiro atoms. The highest BCUT2D eigenvalue weighted by molar-refractivity contribution is 6.33. The first-order valence-electron chi connectivity index (χ1n) is 6.44. The molecule has 1 aromatic carbocycles. The van der Waals surface area contributed by atoms with E-state index >= 15 is 0 Å². The maximum absolute atomic E-state index is 12.3. The van der Waals surface area contributed by atoms with Crippen LogP contribution >= 0.6 is 11.6 Å². The highest BCUT2D eigenvalue weighted by Crippen LogP contribution is 2.28. The second kappa shape index (κ2) is 6.72. The van der Waals surface area contributed by atoms with Crippen molar-refractivity contribution in [3.05, 3.63) is 28.8 Å². The number of nitrogens with two attached hydrogens (primary N) is 1. The molecule has 1 aromatic rings. The van der Waals surface area contributed by atoms with Gasteiger partial charge in [0.1, 0.15) is 0 Å². The first-order valence-corrected chi connectivity index (χ1v) is 6.82. The quantitative estimate of drug-likeness (QED) is 0.753. The van der Waals surface area contributed by atoms with Crippen LogP contribution in [0, 0.1) is 5.41 Å². The number of carbonyl (C=O) groups is 2. The number of rotatable bonds is 6. The number of anilines is 1. The largest absolute Gasteiger partial charge is 0.478 e. The van der Waals surface area contributed by atoms with Gasteiger partial charge in [0.25, 0.3) is 0 Å². The van der Waals surface area contributed by atoms with Gasteiger partial charge in [-0.1, -0.05) is 25.4 Å². The number of benzene rings is 1. The molecule has 1 amide bonds. The van der Waals surface area contributed by atoms with E-state index in [2.05, 4.69) is 5.32 Å². The zero-order valence-electron chi connectivity index (χ0n) is 11.6. The Morgan fingerprint density at radius 1 is 1.35 bits per heavy atom. The van der Waals surface area contributed by atoms with Crippen LogP contribution in [-0.4, -0.2) is 23.5 Å². The van der Waals surface area contributed by atoms with Crippen LogP contribution < -0.4 is 11.1 Å². The first-order chi connectivity index (χ1) is 9.40. The summed E-state index contributed by atoms with van der Waals surface area (Å²) < 4.78 is 0. The molecule has 0 aliphatic rings. The summed E-state index contributed by atoms with van der Waals surface area (Å²) in [4.78, 5) is 23.2. The number of nitrogens with one attached hydrogen (secondary N) is 1. The Kier molecular flexibility index (Phi) is 5.53. The van der Waals surface area contributed by atoms with Crippen LogP contribution in [-0.2, 0) is 4.79 Å². The van der Waals surface area contributed by atoms with Crippen molar-refractivity contribution in [2.45, 2.75) is 26.7 Å². The summed E-state index contributed by atoms with van der Waals surface area (Å²) in [5.41, 5.74) is 5.56. The molecule has 6 heteroatoms. The topological polar surface area (TPSA) is 92.4 Å². The number of aromatic carboxylic acids is 1. The summed E-state index contributed by atoms with van der Waals surface area (Å²) in [7, 11) is 0. The second-order valence-corrected chi connectivity index (χ2v) is 5.05. The van der Waals surface area contributed by atoms with Gasteiger partial charge in [0, 0.05) is 12.2 Å². The van der Waals surface area contributed by atoms with E-state index in [9.17, 15) is 9.59 Å². The van der Waals surface area contributed by atoms with Crippen LogP contribution in [0.15, 0.2) is 18.2 Å². The van der Waals surface area contributed by atoms with E-state index in [0.29, 0.717) is 18.5 Å². The van der Waals surface area contributed by atoms with Crippen molar-refractivity contribution < 1.29 is 14.7 Å². The maximum atomic E-state index is 12.3. The Hall–Kier alpha value is -1.59. The summed E-state index contributed by atoms with van der Waals surface area (Å²) in [6.07, 6.45) is 1.26. The molecule has 110 valence electrons. The Bertz CT molecular complexity index is 505. The van der Waals surface area contributed by atoms with Crippen molar-refractivity contribution in [1.82, 2.24) is 0 Å². The molecule has 0 saturated carbocycles. The highest BCUT2D eigenvalue weighted by Gasteiger charge is 2.33. The van der Waals surface area contributed by atoms with Crippen molar-refractivity contribution in [2.75, 3.05) is 11.9 Å². The number of carboxylic acid groups (broad SMARTS) is 1. The highest BCUT2D eigenvalue weighted by atomic mass is 35.5. The van der Waals surface area contributed by atoms with Gasteiger partial charge in [0.2, 0.25) is 5.91 Å². The smallest absolute Gasteiger partial charge is 0.337 e. The van der Waals surface area contributed by atoms with E-state index in [-0.39, 0.29) is 23.0 Å². The number of amides is 1. The number of carbonyl (C=O) groups excluding carboxylic acids is 1. The number of hydrogen-bond donors (Lipinski definition) is 3. The monoisotopic (exact) mass is 298 g/mol. The Morgan fingerprint density at radius 3 is 2.35 bits per heavy atom. The molecule has 0 bridgehead atoms. The third kappa shape index (κ3) is 3.29. The molecule has 1 rings (SSSR count). The van der Waals surface area contributed by atoms with Crippen LogP contribution in [0.4, 0.5) is 5.69 Å². The normalized spacial score (nSPS) is 11.2. The van der Waals surface area contributed by atoms with Gasteiger partial charge in [-0.25, -0.2) is 4.79 Å². The molecule has 0 aliphatic heterocycles. The lowest BCUT2D eigenvalue weighted by atomic mass is 9.81. The van der Waals surface area contributed by atoms with Gasteiger partial charge in [-0.15, -0.1) is 0 Å². The van der Waals surface area contributed by atoms with Crippen molar-refractivity contribution in [1.29, 1.82) is 0 Å². The van der Waals surface area contributed by atoms with E-state index in [1.54, 1.807) is 0 Å². The van der Waals surface area contributed by atoms with Gasteiger partial charge in [-0.05, 0) is 31.0 Å². The molecule has 0 unspecified atom stereocenters. The third-order valence-electron chi connectivity index (χ3n) is 3.68. The zero-order valence-corrected chi connectivity index (χ0v) is 12.3. The fraction of sp³-hybridized carbons (Fsp3) is 0.429.